The van der Waals surface area contributed by atoms with Crippen molar-refractivity contribution in [3.63, 3.8) is 0 Å². The van der Waals surface area contributed by atoms with Crippen LogP contribution in [0.3, 0.4) is 0 Å². The number of fused-ring (bicyclic) bond motifs is 1. The molecule has 2 rings (SSSR count). The van der Waals surface area contributed by atoms with E-state index in [4.69, 9.17) is 10.5 Å². The molecule has 1 atom stereocenters. The summed E-state index contributed by atoms with van der Waals surface area (Å²) in [4.78, 5) is 11.4. The number of amides is 1. The van der Waals surface area contributed by atoms with E-state index in [1.807, 2.05) is 0 Å². The van der Waals surface area contributed by atoms with E-state index in [1.54, 1.807) is 7.11 Å². The van der Waals surface area contributed by atoms with Gasteiger partial charge in [0.05, 0.1) is 19.1 Å². The first-order chi connectivity index (χ1) is 8.15. The molecule has 3 N–H and O–H groups in total. The van der Waals surface area contributed by atoms with Gasteiger partial charge in [-0.05, 0) is 23.1 Å². The quantitative estimate of drug-likeness (QED) is 0.827. The number of hydrogen-bond donors (Lipinski definition) is 2. The summed E-state index contributed by atoms with van der Waals surface area (Å²) in [5.74, 6) is 0.0409. The average molecular weight is 234 g/mol. The summed E-state index contributed by atoms with van der Waals surface area (Å²) in [6.45, 7) is 2.55. The number of anilines is 1. The van der Waals surface area contributed by atoms with Crippen molar-refractivity contribution in [1.82, 2.24) is 0 Å². The SMILES string of the molecule is CCc1cc2c(c(C(N)COC)c1)NC(=O)C2. The van der Waals surface area contributed by atoms with Crippen LogP contribution in [0, 0.1) is 0 Å². The predicted octanol–water partition coefficient (Wildman–Crippen LogP) is 1.39. The van der Waals surface area contributed by atoms with Crippen LogP contribution < -0.4 is 11.1 Å². The molecular formula is C13H18N2O2. The van der Waals surface area contributed by atoms with Crippen LogP contribution >= 0.6 is 0 Å². The largest absolute Gasteiger partial charge is 0.383 e. The van der Waals surface area contributed by atoms with E-state index in [0.717, 1.165) is 23.2 Å². The standard InChI is InChI=1S/C13H18N2O2/c1-3-8-4-9-6-12(16)15-13(9)10(5-8)11(14)7-17-2/h4-5,11H,3,6-7,14H2,1-2H3,(H,15,16). The second kappa shape index (κ2) is 4.85. The summed E-state index contributed by atoms with van der Waals surface area (Å²) in [6.07, 6.45) is 1.39. The topological polar surface area (TPSA) is 64.3 Å². The van der Waals surface area contributed by atoms with E-state index in [-0.39, 0.29) is 11.9 Å². The van der Waals surface area contributed by atoms with Gasteiger partial charge in [-0.25, -0.2) is 0 Å². The maximum absolute atomic E-state index is 11.4. The smallest absolute Gasteiger partial charge is 0.228 e. The summed E-state index contributed by atoms with van der Waals surface area (Å²) in [5.41, 5.74) is 10.2. The molecule has 0 fully saturated rings. The number of nitrogens with one attached hydrogen (secondary N) is 1. The molecule has 92 valence electrons. The van der Waals surface area contributed by atoms with Crippen LogP contribution in [0.25, 0.3) is 0 Å². The van der Waals surface area contributed by atoms with Crippen molar-refractivity contribution in [2.75, 3.05) is 19.0 Å². The number of methoxy groups -OCH3 is 1. The summed E-state index contributed by atoms with van der Waals surface area (Å²) < 4.78 is 5.08. The molecule has 1 aliphatic rings. The molecule has 0 radical (unpaired) electrons. The zero-order valence-corrected chi connectivity index (χ0v) is 10.2. The first-order valence-electron chi connectivity index (χ1n) is 5.85. The van der Waals surface area contributed by atoms with E-state index in [0.29, 0.717) is 13.0 Å². The molecule has 1 heterocycles. The third-order valence-electron chi connectivity index (χ3n) is 3.08. The Kier molecular flexibility index (Phi) is 3.45. The Balaban J connectivity index is 2.43. The Hall–Kier alpha value is -1.39. The Labute approximate surface area is 101 Å². The third kappa shape index (κ3) is 2.33. The Morgan fingerprint density at radius 2 is 2.29 bits per heavy atom. The first-order valence-corrected chi connectivity index (χ1v) is 5.85. The van der Waals surface area contributed by atoms with Gasteiger partial charge in [0.15, 0.2) is 0 Å². The van der Waals surface area contributed by atoms with Crippen molar-refractivity contribution < 1.29 is 9.53 Å². The lowest BCUT2D eigenvalue weighted by atomic mass is 9.97. The number of carbonyl (C=O) groups excluding carboxylic acids is 1. The number of carbonyl (C=O) groups is 1. The molecule has 4 heteroatoms. The van der Waals surface area contributed by atoms with E-state index < -0.39 is 0 Å². The maximum Gasteiger partial charge on any atom is 0.228 e. The van der Waals surface area contributed by atoms with Crippen LogP contribution in [-0.4, -0.2) is 19.6 Å². The van der Waals surface area contributed by atoms with Gasteiger partial charge in [0.25, 0.3) is 0 Å². The average Bonchev–Trinajstić information content (AvgIpc) is 2.67. The molecule has 0 aliphatic carbocycles. The lowest BCUT2D eigenvalue weighted by molar-refractivity contribution is -0.115. The number of benzene rings is 1. The number of rotatable bonds is 4. The van der Waals surface area contributed by atoms with Crippen molar-refractivity contribution >= 4 is 11.6 Å². The van der Waals surface area contributed by atoms with Crippen LogP contribution in [0.2, 0.25) is 0 Å². The maximum atomic E-state index is 11.4. The fourth-order valence-electron chi connectivity index (χ4n) is 2.21. The monoisotopic (exact) mass is 234 g/mol. The molecule has 1 aromatic carbocycles. The highest BCUT2D eigenvalue weighted by molar-refractivity contribution is 6.00. The highest BCUT2D eigenvalue weighted by Crippen LogP contribution is 2.32. The number of hydrogen-bond acceptors (Lipinski definition) is 3. The van der Waals surface area contributed by atoms with Crippen LogP contribution in [0.4, 0.5) is 5.69 Å². The van der Waals surface area contributed by atoms with Crippen LogP contribution in [0.15, 0.2) is 12.1 Å². The lowest BCUT2D eigenvalue weighted by Gasteiger charge is -2.16. The van der Waals surface area contributed by atoms with E-state index in [2.05, 4.69) is 24.4 Å². The van der Waals surface area contributed by atoms with Crippen LogP contribution in [0.5, 0.6) is 0 Å². The highest BCUT2D eigenvalue weighted by Gasteiger charge is 2.23. The van der Waals surface area contributed by atoms with Gasteiger partial charge in [0.1, 0.15) is 0 Å². The van der Waals surface area contributed by atoms with Gasteiger partial charge in [0, 0.05) is 12.8 Å². The van der Waals surface area contributed by atoms with Gasteiger partial charge in [-0.15, -0.1) is 0 Å². The molecule has 0 spiro atoms. The third-order valence-corrected chi connectivity index (χ3v) is 3.08. The summed E-state index contributed by atoms with van der Waals surface area (Å²) >= 11 is 0. The molecular weight excluding hydrogens is 216 g/mol. The molecule has 1 aromatic rings. The van der Waals surface area contributed by atoms with Crippen molar-refractivity contribution in [1.29, 1.82) is 0 Å². The first kappa shape index (κ1) is 12.1. The number of ether oxygens (including phenoxy) is 1. The zero-order valence-electron chi connectivity index (χ0n) is 10.2. The van der Waals surface area contributed by atoms with Crippen molar-refractivity contribution in [3.05, 3.63) is 28.8 Å². The second-order valence-corrected chi connectivity index (χ2v) is 4.36. The minimum atomic E-state index is -0.196. The Morgan fingerprint density at radius 3 is 2.94 bits per heavy atom. The minimum absolute atomic E-state index is 0.0409. The van der Waals surface area contributed by atoms with Gasteiger partial charge in [-0.2, -0.15) is 0 Å². The van der Waals surface area contributed by atoms with Crippen molar-refractivity contribution in [3.8, 4) is 0 Å². The molecule has 1 aliphatic heterocycles. The molecule has 0 bridgehead atoms. The summed E-state index contributed by atoms with van der Waals surface area (Å²) in [6, 6.07) is 3.95. The Bertz CT molecular complexity index is 443. The highest BCUT2D eigenvalue weighted by atomic mass is 16.5. The van der Waals surface area contributed by atoms with E-state index >= 15 is 0 Å². The van der Waals surface area contributed by atoms with Gasteiger partial charge in [-0.3, -0.25) is 4.79 Å². The van der Waals surface area contributed by atoms with Gasteiger partial charge in [0.2, 0.25) is 5.91 Å². The fourth-order valence-corrected chi connectivity index (χ4v) is 2.21. The molecule has 1 amide bonds. The van der Waals surface area contributed by atoms with Crippen LogP contribution in [0.1, 0.15) is 29.7 Å². The molecule has 0 aromatic heterocycles. The van der Waals surface area contributed by atoms with E-state index in [1.165, 1.54) is 5.56 Å². The second-order valence-electron chi connectivity index (χ2n) is 4.36. The lowest BCUT2D eigenvalue weighted by Crippen LogP contribution is -2.18. The van der Waals surface area contributed by atoms with Crippen molar-refractivity contribution in [2.24, 2.45) is 5.73 Å². The molecule has 0 saturated heterocycles. The number of aryl methyl sites for hydroxylation is 1. The van der Waals surface area contributed by atoms with Gasteiger partial charge >= 0.3 is 0 Å². The molecule has 0 saturated carbocycles. The summed E-state index contributed by atoms with van der Waals surface area (Å²) in [5, 5.41) is 2.88. The molecule has 1 unspecified atom stereocenters. The van der Waals surface area contributed by atoms with E-state index in [9.17, 15) is 4.79 Å². The summed E-state index contributed by atoms with van der Waals surface area (Å²) in [7, 11) is 1.63. The predicted molar refractivity (Wildman–Crippen MR) is 67.0 cm³/mol. The van der Waals surface area contributed by atoms with Crippen molar-refractivity contribution in [2.45, 2.75) is 25.8 Å². The molecule has 17 heavy (non-hydrogen) atoms. The minimum Gasteiger partial charge on any atom is -0.383 e. The number of nitrogens with two attached hydrogens (primary N) is 1. The zero-order chi connectivity index (χ0) is 12.4. The van der Waals surface area contributed by atoms with Gasteiger partial charge in [-0.1, -0.05) is 19.1 Å². The Morgan fingerprint density at radius 1 is 1.53 bits per heavy atom. The fraction of sp³-hybridized carbons (Fsp3) is 0.462. The van der Waals surface area contributed by atoms with Gasteiger partial charge < -0.3 is 15.8 Å². The normalized spacial score (nSPS) is 15.6. The molecule has 4 nitrogen and oxygen atoms in total. The van der Waals surface area contributed by atoms with Crippen LogP contribution in [-0.2, 0) is 22.4 Å².